The number of hydrogen-bond donors (Lipinski definition) is 0. The Hall–Kier alpha value is -1.22. The minimum Gasteiger partial charge on any atom is -0.267 e. The largest absolute Gasteiger partial charge is 0.272 e. The lowest BCUT2D eigenvalue weighted by Gasteiger charge is -2.22. The average Bonchev–Trinajstić information content (AvgIpc) is 2.52. The van der Waals surface area contributed by atoms with Crippen molar-refractivity contribution in [3.05, 3.63) is 42.0 Å². The van der Waals surface area contributed by atoms with Gasteiger partial charge in [-0.1, -0.05) is 49.6 Å². The van der Waals surface area contributed by atoms with Crippen LogP contribution < -0.4 is 0 Å². The molecule has 0 unspecified atom stereocenters. The van der Waals surface area contributed by atoms with Crippen LogP contribution in [0.1, 0.15) is 37.7 Å². The molecule has 2 rings (SSSR count). The fourth-order valence-corrected chi connectivity index (χ4v) is 4.30. The molecule has 0 amide bonds. The van der Waals surface area contributed by atoms with Gasteiger partial charge in [-0.15, -0.1) is 11.8 Å². The Kier molecular flexibility index (Phi) is 6.56. The van der Waals surface area contributed by atoms with Crippen molar-refractivity contribution < 1.29 is 4.58 Å². The number of hydrogen-bond acceptors (Lipinski definition) is 1. The van der Waals surface area contributed by atoms with Gasteiger partial charge in [0.15, 0.2) is 0 Å². The van der Waals surface area contributed by atoms with Gasteiger partial charge in [-0.3, -0.25) is 9.48 Å². The third kappa shape index (κ3) is 4.91. The first-order valence-electron chi connectivity index (χ1n) is 8.23. The van der Waals surface area contributed by atoms with E-state index in [2.05, 4.69) is 85.8 Å². The zero-order valence-corrected chi connectivity index (χ0v) is 15.2. The highest BCUT2D eigenvalue weighted by molar-refractivity contribution is 8.08. The summed E-state index contributed by atoms with van der Waals surface area (Å²) in [6.45, 7) is 0. The first kappa shape index (κ1) is 17.1. The molecule has 1 fully saturated rings. The SMILES string of the molecule is CN(C)C(/C=C(\SC1CCCCC1)c1ccccc1)=[N+](C)C. The highest BCUT2D eigenvalue weighted by Crippen LogP contribution is 2.37. The first-order chi connectivity index (χ1) is 10.6. The molecule has 0 N–H and O–H groups in total. The molecule has 0 atom stereocenters. The van der Waals surface area contributed by atoms with Crippen molar-refractivity contribution in [1.29, 1.82) is 0 Å². The topological polar surface area (TPSA) is 6.25 Å². The van der Waals surface area contributed by atoms with Crippen molar-refractivity contribution in [2.24, 2.45) is 0 Å². The lowest BCUT2D eigenvalue weighted by atomic mass is 10.0. The molecule has 2 nitrogen and oxygen atoms in total. The second-order valence-corrected chi connectivity index (χ2v) is 7.74. The third-order valence-electron chi connectivity index (χ3n) is 4.08. The van der Waals surface area contributed by atoms with E-state index in [-0.39, 0.29) is 0 Å². The highest BCUT2D eigenvalue weighted by Gasteiger charge is 2.19. The second kappa shape index (κ2) is 8.42. The van der Waals surface area contributed by atoms with Crippen LogP contribution >= 0.6 is 11.8 Å². The molecule has 1 aromatic carbocycles. The van der Waals surface area contributed by atoms with E-state index in [0.29, 0.717) is 0 Å². The maximum absolute atomic E-state index is 2.34. The number of nitrogens with zero attached hydrogens (tertiary/aromatic N) is 2. The molecule has 0 aliphatic heterocycles. The second-order valence-electron chi connectivity index (χ2n) is 6.40. The number of amidine groups is 1. The zero-order chi connectivity index (χ0) is 15.9. The Balaban J connectivity index is 2.30. The molecule has 1 aliphatic rings. The molecule has 1 aromatic rings. The van der Waals surface area contributed by atoms with Gasteiger partial charge in [0.05, 0.1) is 28.2 Å². The summed E-state index contributed by atoms with van der Waals surface area (Å²) >= 11 is 2.07. The molecule has 0 aromatic heterocycles. The third-order valence-corrected chi connectivity index (χ3v) is 5.49. The smallest absolute Gasteiger partial charge is 0.267 e. The maximum atomic E-state index is 2.34. The number of rotatable bonds is 4. The van der Waals surface area contributed by atoms with Crippen molar-refractivity contribution in [3.8, 4) is 0 Å². The Bertz CT molecular complexity index is 522. The average molecular weight is 318 g/mol. The summed E-state index contributed by atoms with van der Waals surface area (Å²) < 4.78 is 2.18. The first-order valence-corrected chi connectivity index (χ1v) is 9.11. The van der Waals surface area contributed by atoms with E-state index in [1.165, 1.54) is 48.4 Å². The Morgan fingerprint density at radius 2 is 1.73 bits per heavy atom. The molecule has 1 saturated carbocycles. The van der Waals surface area contributed by atoms with Gasteiger partial charge in [-0.25, -0.2) is 0 Å². The van der Waals surface area contributed by atoms with Crippen molar-refractivity contribution in [1.82, 2.24) is 4.90 Å². The van der Waals surface area contributed by atoms with Gasteiger partial charge in [0.25, 0.3) is 5.84 Å². The van der Waals surface area contributed by atoms with Crippen LogP contribution in [-0.2, 0) is 0 Å². The minimum atomic E-state index is 0.769. The summed E-state index contributed by atoms with van der Waals surface area (Å²) in [6.07, 6.45) is 9.24. The normalized spacial score (nSPS) is 16.5. The molecule has 0 bridgehead atoms. The Morgan fingerprint density at radius 3 is 2.27 bits per heavy atom. The fraction of sp³-hybridized carbons (Fsp3) is 0.526. The van der Waals surface area contributed by atoms with Crippen LogP contribution in [0.5, 0.6) is 0 Å². The summed E-state index contributed by atoms with van der Waals surface area (Å²) in [5.41, 5.74) is 1.33. The van der Waals surface area contributed by atoms with Gasteiger partial charge in [0.2, 0.25) is 0 Å². The van der Waals surface area contributed by atoms with E-state index in [1.54, 1.807) is 0 Å². The van der Waals surface area contributed by atoms with Gasteiger partial charge in [0.1, 0.15) is 0 Å². The molecule has 0 radical (unpaired) electrons. The van der Waals surface area contributed by atoms with Gasteiger partial charge < -0.3 is 0 Å². The molecule has 0 saturated heterocycles. The van der Waals surface area contributed by atoms with E-state index in [1.807, 2.05) is 0 Å². The highest BCUT2D eigenvalue weighted by atomic mass is 32.2. The van der Waals surface area contributed by atoms with E-state index in [9.17, 15) is 0 Å². The molecular formula is C19H29N2S+. The molecule has 3 heteroatoms. The van der Waals surface area contributed by atoms with Crippen LogP contribution in [-0.4, -0.2) is 48.8 Å². The fourth-order valence-electron chi connectivity index (χ4n) is 2.93. The van der Waals surface area contributed by atoms with E-state index in [4.69, 9.17) is 0 Å². The van der Waals surface area contributed by atoms with E-state index in [0.717, 1.165) is 5.25 Å². The molecule has 0 spiro atoms. The number of benzene rings is 1. The lowest BCUT2D eigenvalue weighted by molar-refractivity contribution is -0.468. The van der Waals surface area contributed by atoms with Crippen molar-refractivity contribution in [2.45, 2.75) is 37.4 Å². The van der Waals surface area contributed by atoms with Gasteiger partial charge >= 0.3 is 0 Å². The van der Waals surface area contributed by atoms with Crippen LogP contribution in [0.25, 0.3) is 4.91 Å². The monoisotopic (exact) mass is 317 g/mol. The number of likely N-dealkylation sites (N-methyl/N-ethyl adjacent to an activating group) is 1. The maximum Gasteiger partial charge on any atom is 0.272 e. The predicted molar refractivity (Wildman–Crippen MR) is 99.7 cm³/mol. The van der Waals surface area contributed by atoms with E-state index < -0.39 is 0 Å². The van der Waals surface area contributed by atoms with Crippen LogP contribution in [0.2, 0.25) is 0 Å². The molecule has 22 heavy (non-hydrogen) atoms. The van der Waals surface area contributed by atoms with Crippen molar-refractivity contribution in [2.75, 3.05) is 28.2 Å². The Labute approximate surface area is 139 Å². The quantitative estimate of drug-likeness (QED) is 0.463. The van der Waals surface area contributed by atoms with Gasteiger partial charge in [-0.05, 0) is 18.4 Å². The molecular weight excluding hydrogens is 288 g/mol. The summed E-state index contributed by atoms with van der Waals surface area (Å²) in [5, 5.41) is 0.769. The Morgan fingerprint density at radius 1 is 1.09 bits per heavy atom. The molecule has 0 heterocycles. The standard InChI is InChI=1S/C19H29N2S/c1-20(2)19(21(3)4)15-18(16-11-7-5-8-12-16)22-17-13-9-6-10-14-17/h5,7-8,11-12,15,17H,6,9-10,13-14H2,1-4H3/q+1/b18-15-. The van der Waals surface area contributed by atoms with Gasteiger partial charge in [-0.2, -0.15) is 0 Å². The van der Waals surface area contributed by atoms with Crippen LogP contribution in [0.4, 0.5) is 0 Å². The van der Waals surface area contributed by atoms with Gasteiger partial charge in [0, 0.05) is 16.2 Å². The van der Waals surface area contributed by atoms with Crippen molar-refractivity contribution in [3.63, 3.8) is 0 Å². The lowest BCUT2D eigenvalue weighted by Crippen LogP contribution is -2.28. The van der Waals surface area contributed by atoms with Crippen LogP contribution in [0, 0.1) is 0 Å². The predicted octanol–water partition coefficient (Wildman–Crippen LogP) is 4.33. The zero-order valence-electron chi connectivity index (χ0n) is 14.4. The van der Waals surface area contributed by atoms with E-state index >= 15 is 0 Å². The summed E-state index contributed by atoms with van der Waals surface area (Å²) in [6, 6.07) is 10.8. The van der Waals surface area contributed by atoms with Crippen molar-refractivity contribution >= 4 is 22.5 Å². The van der Waals surface area contributed by atoms with Crippen LogP contribution in [0.15, 0.2) is 36.4 Å². The minimum absolute atomic E-state index is 0.769. The summed E-state index contributed by atoms with van der Waals surface area (Å²) in [4.78, 5) is 3.58. The molecule has 1 aliphatic carbocycles. The summed E-state index contributed by atoms with van der Waals surface area (Å²) in [7, 11) is 8.44. The number of thioether (sulfide) groups is 1. The summed E-state index contributed by atoms with van der Waals surface area (Å²) in [5.74, 6) is 1.24. The van der Waals surface area contributed by atoms with Crippen LogP contribution in [0.3, 0.4) is 0 Å². The molecule has 120 valence electrons.